The predicted molar refractivity (Wildman–Crippen MR) is 50.9 cm³/mol. The first-order chi connectivity index (χ1) is 6.02. The number of rotatable bonds is 1. The molecular formula is C10H13NO2. The van der Waals surface area contributed by atoms with Gasteiger partial charge in [-0.3, -0.25) is 4.79 Å². The SMILES string of the molecule is Cc1ccc(C(=O)N(C)C)c(O)c1. The number of nitrogens with zero attached hydrogens (tertiary/aromatic N) is 1. The van der Waals surface area contributed by atoms with Crippen molar-refractivity contribution in [2.24, 2.45) is 0 Å². The molecule has 3 nitrogen and oxygen atoms in total. The molecule has 0 fully saturated rings. The summed E-state index contributed by atoms with van der Waals surface area (Å²) in [6.45, 7) is 1.86. The van der Waals surface area contributed by atoms with Crippen LogP contribution in [0.2, 0.25) is 0 Å². The average molecular weight is 179 g/mol. The molecule has 70 valence electrons. The van der Waals surface area contributed by atoms with Crippen LogP contribution in [-0.4, -0.2) is 30.0 Å². The quantitative estimate of drug-likeness (QED) is 0.708. The fourth-order valence-electron chi connectivity index (χ4n) is 1.06. The molecule has 0 aliphatic carbocycles. The topological polar surface area (TPSA) is 40.5 Å². The number of carbonyl (C=O) groups is 1. The van der Waals surface area contributed by atoms with Crippen LogP contribution in [0.5, 0.6) is 5.75 Å². The minimum absolute atomic E-state index is 0.0405. The third-order valence-corrected chi connectivity index (χ3v) is 1.79. The van der Waals surface area contributed by atoms with Crippen molar-refractivity contribution < 1.29 is 9.90 Å². The van der Waals surface area contributed by atoms with Gasteiger partial charge >= 0.3 is 0 Å². The molecule has 0 saturated carbocycles. The van der Waals surface area contributed by atoms with Crippen molar-refractivity contribution >= 4 is 5.91 Å². The Morgan fingerprint density at radius 2 is 2.00 bits per heavy atom. The maximum Gasteiger partial charge on any atom is 0.257 e. The molecular weight excluding hydrogens is 166 g/mol. The van der Waals surface area contributed by atoms with Gasteiger partial charge in [0.1, 0.15) is 5.75 Å². The molecule has 1 N–H and O–H groups in total. The van der Waals surface area contributed by atoms with Crippen LogP contribution in [0.1, 0.15) is 15.9 Å². The van der Waals surface area contributed by atoms with Gasteiger partial charge in [0, 0.05) is 14.1 Å². The van der Waals surface area contributed by atoms with Crippen LogP contribution in [0.4, 0.5) is 0 Å². The Morgan fingerprint density at radius 3 is 2.46 bits per heavy atom. The van der Waals surface area contributed by atoms with Gasteiger partial charge in [0.05, 0.1) is 5.56 Å². The molecule has 0 aromatic heterocycles. The van der Waals surface area contributed by atoms with Gasteiger partial charge in [-0.15, -0.1) is 0 Å². The molecule has 3 heteroatoms. The number of aromatic hydroxyl groups is 1. The van der Waals surface area contributed by atoms with Gasteiger partial charge in [-0.25, -0.2) is 0 Å². The summed E-state index contributed by atoms with van der Waals surface area (Å²) in [6, 6.07) is 5.01. The summed E-state index contributed by atoms with van der Waals surface area (Å²) >= 11 is 0. The van der Waals surface area contributed by atoms with E-state index in [1.165, 1.54) is 4.90 Å². The molecule has 1 amide bonds. The zero-order valence-electron chi connectivity index (χ0n) is 8.03. The lowest BCUT2D eigenvalue weighted by Gasteiger charge is -2.11. The molecule has 0 atom stereocenters. The minimum Gasteiger partial charge on any atom is -0.507 e. The first kappa shape index (κ1) is 9.58. The lowest BCUT2D eigenvalue weighted by molar-refractivity contribution is 0.0824. The molecule has 0 unspecified atom stereocenters. The summed E-state index contributed by atoms with van der Waals surface area (Å²) in [6.07, 6.45) is 0. The average Bonchev–Trinajstić information content (AvgIpc) is 2.03. The second-order valence-electron chi connectivity index (χ2n) is 3.22. The van der Waals surface area contributed by atoms with Crippen LogP contribution in [0.15, 0.2) is 18.2 Å². The summed E-state index contributed by atoms with van der Waals surface area (Å²) in [5.41, 5.74) is 1.28. The Labute approximate surface area is 77.6 Å². The first-order valence-corrected chi connectivity index (χ1v) is 4.03. The van der Waals surface area contributed by atoms with Crippen LogP contribution in [-0.2, 0) is 0 Å². The highest BCUT2D eigenvalue weighted by atomic mass is 16.3. The van der Waals surface area contributed by atoms with Crippen molar-refractivity contribution in [3.63, 3.8) is 0 Å². The van der Waals surface area contributed by atoms with E-state index in [1.807, 2.05) is 6.92 Å². The van der Waals surface area contributed by atoms with Crippen molar-refractivity contribution in [3.05, 3.63) is 29.3 Å². The molecule has 13 heavy (non-hydrogen) atoms. The van der Waals surface area contributed by atoms with Crippen molar-refractivity contribution in [2.45, 2.75) is 6.92 Å². The Kier molecular flexibility index (Phi) is 2.56. The van der Waals surface area contributed by atoms with E-state index in [0.717, 1.165) is 5.56 Å². The van der Waals surface area contributed by atoms with Gasteiger partial charge < -0.3 is 10.0 Å². The largest absolute Gasteiger partial charge is 0.507 e. The molecule has 0 aliphatic heterocycles. The van der Waals surface area contributed by atoms with E-state index >= 15 is 0 Å². The summed E-state index contributed by atoms with van der Waals surface area (Å²) in [4.78, 5) is 12.9. The maximum atomic E-state index is 11.4. The molecule has 1 rings (SSSR count). The molecule has 0 aliphatic rings. The van der Waals surface area contributed by atoms with Gasteiger partial charge in [0.15, 0.2) is 0 Å². The lowest BCUT2D eigenvalue weighted by atomic mass is 10.1. The zero-order chi connectivity index (χ0) is 10.0. The highest BCUT2D eigenvalue weighted by Crippen LogP contribution is 2.19. The summed E-state index contributed by atoms with van der Waals surface area (Å²) in [5.74, 6) is -0.142. The van der Waals surface area contributed by atoms with Crippen LogP contribution >= 0.6 is 0 Å². The van der Waals surface area contributed by atoms with Crippen LogP contribution in [0, 0.1) is 6.92 Å². The Hall–Kier alpha value is -1.51. The van der Waals surface area contributed by atoms with Crippen molar-refractivity contribution in [2.75, 3.05) is 14.1 Å². The summed E-state index contributed by atoms with van der Waals surface area (Å²) in [5, 5.41) is 9.46. The number of benzene rings is 1. The molecule has 1 aromatic carbocycles. The van der Waals surface area contributed by atoms with E-state index in [1.54, 1.807) is 32.3 Å². The van der Waals surface area contributed by atoms with Crippen LogP contribution < -0.4 is 0 Å². The van der Waals surface area contributed by atoms with Gasteiger partial charge in [0.2, 0.25) is 0 Å². The molecule has 1 aromatic rings. The number of phenolic OH excluding ortho intramolecular Hbond substituents is 1. The highest BCUT2D eigenvalue weighted by molar-refractivity contribution is 5.96. The standard InChI is InChI=1S/C10H13NO2/c1-7-4-5-8(9(12)6-7)10(13)11(2)3/h4-6,12H,1-3H3. The summed E-state index contributed by atoms with van der Waals surface area (Å²) < 4.78 is 0. The van der Waals surface area contributed by atoms with Crippen molar-refractivity contribution in [3.8, 4) is 5.75 Å². The van der Waals surface area contributed by atoms with E-state index in [0.29, 0.717) is 5.56 Å². The Bertz CT molecular complexity index is 332. The number of phenols is 1. The normalized spacial score (nSPS) is 9.77. The Morgan fingerprint density at radius 1 is 1.38 bits per heavy atom. The summed E-state index contributed by atoms with van der Waals surface area (Å²) in [7, 11) is 3.31. The minimum atomic E-state index is -0.183. The predicted octanol–water partition coefficient (Wildman–Crippen LogP) is 1.40. The van der Waals surface area contributed by atoms with E-state index in [9.17, 15) is 9.90 Å². The molecule has 0 spiro atoms. The van der Waals surface area contributed by atoms with E-state index in [2.05, 4.69) is 0 Å². The highest BCUT2D eigenvalue weighted by Gasteiger charge is 2.11. The van der Waals surface area contributed by atoms with Gasteiger partial charge in [0.25, 0.3) is 5.91 Å². The first-order valence-electron chi connectivity index (χ1n) is 4.03. The number of hydrogen-bond donors (Lipinski definition) is 1. The van der Waals surface area contributed by atoms with Gasteiger partial charge in [-0.2, -0.15) is 0 Å². The van der Waals surface area contributed by atoms with E-state index in [-0.39, 0.29) is 11.7 Å². The fourth-order valence-corrected chi connectivity index (χ4v) is 1.06. The van der Waals surface area contributed by atoms with Crippen LogP contribution in [0.25, 0.3) is 0 Å². The zero-order valence-corrected chi connectivity index (χ0v) is 8.03. The van der Waals surface area contributed by atoms with Gasteiger partial charge in [-0.1, -0.05) is 6.07 Å². The number of amides is 1. The number of hydrogen-bond acceptors (Lipinski definition) is 2. The number of aryl methyl sites for hydroxylation is 1. The molecule has 0 heterocycles. The Balaban J connectivity index is 3.09. The van der Waals surface area contributed by atoms with Crippen molar-refractivity contribution in [1.29, 1.82) is 0 Å². The van der Waals surface area contributed by atoms with Gasteiger partial charge in [-0.05, 0) is 24.6 Å². The van der Waals surface area contributed by atoms with E-state index < -0.39 is 0 Å². The molecule has 0 bridgehead atoms. The van der Waals surface area contributed by atoms with E-state index in [4.69, 9.17) is 0 Å². The lowest BCUT2D eigenvalue weighted by Crippen LogP contribution is -2.21. The third kappa shape index (κ3) is 1.99. The van der Waals surface area contributed by atoms with Crippen molar-refractivity contribution in [1.82, 2.24) is 4.90 Å². The fraction of sp³-hybridized carbons (Fsp3) is 0.300. The van der Waals surface area contributed by atoms with Crippen LogP contribution in [0.3, 0.4) is 0 Å². The monoisotopic (exact) mass is 179 g/mol. The molecule has 0 radical (unpaired) electrons. The molecule has 0 saturated heterocycles. The third-order valence-electron chi connectivity index (χ3n) is 1.79. The number of carbonyl (C=O) groups excluding carboxylic acids is 1. The second kappa shape index (κ2) is 3.47. The maximum absolute atomic E-state index is 11.4. The smallest absolute Gasteiger partial charge is 0.257 e. The second-order valence-corrected chi connectivity index (χ2v) is 3.22.